The molecule has 5 nitrogen and oxygen atoms in total. The fourth-order valence-electron chi connectivity index (χ4n) is 3.61. The molecule has 1 atom stereocenters. The van der Waals surface area contributed by atoms with Gasteiger partial charge in [-0.25, -0.2) is 9.97 Å². The van der Waals surface area contributed by atoms with E-state index >= 15 is 0 Å². The summed E-state index contributed by atoms with van der Waals surface area (Å²) in [5, 5.41) is 0. The molecule has 0 amide bonds. The van der Waals surface area contributed by atoms with Gasteiger partial charge in [0.05, 0.1) is 12.3 Å². The van der Waals surface area contributed by atoms with Gasteiger partial charge in [-0.15, -0.1) is 0 Å². The van der Waals surface area contributed by atoms with Crippen LogP contribution < -0.4 is 0 Å². The Bertz CT molecular complexity index is 655. The average molecular weight is 310 g/mol. The quantitative estimate of drug-likeness (QED) is 0.867. The lowest BCUT2D eigenvalue weighted by molar-refractivity contribution is 0.193. The summed E-state index contributed by atoms with van der Waals surface area (Å²) < 4.78 is 5.56. The Hall–Kier alpha value is -1.85. The van der Waals surface area contributed by atoms with Crippen LogP contribution in [0, 0.1) is 0 Å². The van der Waals surface area contributed by atoms with Crippen molar-refractivity contribution in [3.8, 4) is 0 Å². The third-order valence-electron chi connectivity index (χ3n) is 4.86. The van der Waals surface area contributed by atoms with Gasteiger partial charge in [-0.2, -0.15) is 0 Å². The van der Waals surface area contributed by atoms with E-state index in [4.69, 9.17) is 4.74 Å². The Morgan fingerprint density at radius 2 is 2.17 bits per heavy atom. The average Bonchev–Trinajstić information content (AvgIpc) is 3.05. The van der Waals surface area contributed by atoms with E-state index in [9.17, 15) is 0 Å². The van der Waals surface area contributed by atoms with Gasteiger partial charge in [0.1, 0.15) is 6.33 Å². The van der Waals surface area contributed by atoms with Crippen molar-refractivity contribution in [2.45, 2.75) is 31.7 Å². The number of hydrogen-bond acceptors (Lipinski definition) is 5. The molecule has 0 aliphatic carbocycles. The highest BCUT2D eigenvalue weighted by molar-refractivity contribution is 5.30. The van der Waals surface area contributed by atoms with Gasteiger partial charge >= 0.3 is 0 Å². The summed E-state index contributed by atoms with van der Waals surface area (Å²) in [7, 11) is 0. The van der Waals surface area contributed by atoms with Crippen LogP contribution in [0.4, 0.5) is 0 Å². The Morgan fingerprint density at radius 1 is 1.22 bits per heavy atom. The molecule has 0 spiro atoms. The highest BCUT2D eigenvalue weighted by atomic mass is 16.5. The zero-order chi connectivity index (χ0) is 15.5. The fourth-order valence-corrected chi connectivity index (χ4v) is 3.61. The van der Waals surface area contributed by atoms with Crippen molar-refractivity contribution in [3.63, 3.8) is 0 Å². The number of rotatable bonds is 3. The van der Waals surface area contributed by atoms with Crippen molar-refractivity contribution >= 4 is 0 Å². The lowest BCUT2D eigenvalue weighted by atomic mass is 9.96. The smallest absolute Gasteiger partial charge is 0.115 e. The number of nitrogens with zero attached hydrogens (tertiary/aromatic N) is 4. The molecule has 2 aliphatic rings. The van der Waals surface area contributed by atoms with Crippen molar-refractivity contribution in [2.24, 2.45) is 0 Å². The number of aromatic nitrogens is 3. The van der Waals surface area contributed by atoms with Crippen molar-refractivity contribution in [3.05, 3.63) is 53.4 Å². The van der Waals surface area contributed by atoms with Gasteiger partial charge in [0.25, 0.3) is 0 Å². The van der Waals surface area contributed by atoms with E-state index in [1.165, 1.54) is 22.5 Å². The molecule has 0 saturated carbocycles. The van der Waals surface area contributed by atoms with Crippen LogP contribution in [0.3, 0.4) is 0 Å². The van der Waals surface area contributed by atoms with Gasteiger partial charge < -0.3 is 4.74 Å². The first-order valence-electron chi connectivity index (χ1n) is 8.42. The topological polar surface area (TPSA) is 51.1 Å². The van der Waals surface area contributed by atoms with Crippen LogP contribution in [0.2, 0.25) is 0 Å². The van der Waals surface area contributed by atoms with E-state index in [0.717, 1.165) is 52.1 Å². The molecule has 2 aromatic rings. The first-order chi connectivity index (χ1) is 11.4. The maximum absolute atomic E-state index is 5.56. The summed E-state index contributed by atoms with van der Waals surface area (Å²) in [5.41, 5.74) is 5.11. The highest BCUT2D eigenvalue weighted by Gasteiger charge is 2.25. The predicted octanol–water partition coefficient (Wildman–Crippen LogP) is 1.98. The lowest BCUT2D eigenvalue weighted by Gasteiger charge is -2.19. The molecule has 0 N–H and O–H groups in total. The lowest BCUT2D eigenvalue weighted by Crippen LogP contribution is -2.26. The standard InChI is InChI=1S/C18H22N4O/c1-2-14(10-19-6-1)11-22-7-3-16-17(4-8-22)20-13-21-18(16)15-5-9-23-12-15/h1-2,6,10,13,15H,3-5,7-9,11-12H2/t15-/m0/s1. The van der Waals surface area contributed by atoms with Gasteiger partial charge in [0.2, 0.25) is 0 Å². The van der Waals surface area contributed by atoms with Crippen molar-refractivity contribution in [1.29, 1.82) is 0 Å². The van der Waals surface area contributed by atoms with Gasteiger partial charge in [-0.1, -0.05) is 6.07 Å². The molecule has 120 valence electrons. The normalized spacial score (nSPS) is 21.8. The number of fused-ring (bicyclic) bond motifs is 1. The summed E-state index contributed by atoms with van der Waals surface area (Å²) >= 11 is 0. The highest BCUT2D eigenvalue weighted by Crippen LogP contribution is 2.29. The third kappa shape index (κ3) is 3.26. The zero-order valence-corrected chi connectivity index (χ0v) is 13.3. The van der Waals surface area contributed by atoms with E-state index in [1.807, 2.05) is 18.5 Å². The van der Waals surface area contributed by atoms with Crippen LogP contribution >= 0.6 is 0 Å². The minimum Gasteiger partial charge on any atom is -0.381 e. The van der Waals surface area contributed by atoms with Crippen LogP contribution in [-0.2, 0) is 24.1 Å². The third-order valence-corrected chi connectivity index (χ3v) is 4.86. The molecule has 1 saturated heterocycles. The Kier molecular flexibility index (Phi) is 4.30. The SMILES string of the molecule is c1cncc(CN2CCc3ncnc([C@H]4CCOC4)c3CC2)c1. The molecule has 0 bridgehead atoms. The summed E-state index contributed by atoms with van der Waals surface area (Å²) in [6, 6.07) is 4.15. The molecular formula is C18H22N4O. The molecular weight excluding hydrogens is 288 g/mol. The molecule has 5 heteroatoms. The van der Waals surface area contributed by atoms with E-state index < -0.39 is 0 Å². The minimum absolute atomic E-state index is 0.455. The van der Waals surface area contributed by atoms with Crippen LogP contribution in [0.5, 0.6) is 0 Å². The number of pyridine rings is 1. The van der Waals surface area contributed by atoms with Crippen LogP contribution in [0.15, 0.2) is 30.9 Å². The van der Waals surface area contributed by atoms with E-state index in [1.54, 1.807) is 6.33 Å². The number of hydrogen-bond donors (Lipinski definition) is 0. The largest absolute Gasteiger partial charge is 0.381 e. The monoisotopic (exact) mass is 310 g/mol. The molecule has 0 aromatic carbocycles. The van der Waals surface area contributed by atoms with Gasteiger partial charge in [-0.3, -0.25) is 9.88 Å². The van der Waals surface area contributed by atoms with Crippen molar-refractivity contribution in [2.75, 3.05) is 26.3 Å². The van der Waals surface area contributed by atoms with Gasteiger partial charge in [-0.05, 0) is 30.0 Å². The van der Waals surface area contributed by atoms with Gasteiger partial charge in [0.15, 0.2) is 0 Å². The maximum atomic E-state index is 5.56. The second-order valence-electron chi connectivity index (χ2n) is 6.38. The maximum Gasteiger partial charge on any atom is 0.115 e. The number of ether oxygens (including phenoxy) is 1. The van der Waals surface area contributed by atoms with Gasteiger partial charge in [0, 0.05) is 56.7 Å². The molecule has 2 aromatic heterocycles. The molecule has 0 radical (unpaired) electrons. The van der Waals surface area contributed by atoms with E-state index in [0.29, 0.717) is 5.92 Å². The van der Waals surface area contributed by atoms with Crippen molar-refractivity contribution < 1.29 is 4.74 Å². The summed E-state index contributed by atoms with van der Waals surface area (Å²) in [6.45, 7) is 4.71. The van der Waals surface area contributed by atoms with Crippen LogP contribution in [-0.4, -0.2) is 46.2 Å². The van der Waals surface area contributed by atoms with E-state index in [-0.39, 0.29) is 0 Å². The Labute approximate surface area is 136 Å². The van der Waals surface area contributed by atoms with Crippen LogP contribution in [0.25, 0.3) is 0 Å². The minimum atomic E-state index is 0.455. The molecule has 1 fully saturated rings. The molecule has 23 heavy (non-hydrogen) atoms. The first-order valence-corrected chi connectivity index (χ1v) is 8.42. The fraction of sp³-hybridized carbons (Fsp3) is 0.500. The van der Waals surface area contributed by atoms with Crippen molar-refractivity contribution in [1.82, 2.24) is 19.9 Å². The predicted molar refractivity (Wildman–Crippen MR) is 87.1 cm³/mol. The first kappa shape index (κ1) is 14.7. The summed E-state index contributed by atoms with van der Waals surface area (Å²) in [4.78, 5) is 15.9. The Balaban J connectivity index is 1.51. The van der Waals surface area contributed by atoms with Crippen LogP contribution in [0.1, 0.15) is 34.9 Å². The zero-order valence-electron chi connectivity index (χ0n) is 13.3. The second-order valence-corrected chi connectivity index (χ2v) is 6.38. The molecule has 4 rings (SSSR count). The molecule has 0 unspecified atom stereocenters. The Morgan fingerprint density at radius 3 is 3.00 bits per heavy atom. The molecule has 4 heterocycles. The summed E-state index contributed by atoms with van der Waals surface area (Å²) in [5.74, 6) is 0.455. The molecule has 2 aliphatic heterocycles. The van der Waals surface area contributed by atoms with E-state index in [2.05, 4.69) is 25.9 Å². The summed E-state index contributed by atoms with van der Waals surface area (Å²) in [6.07, 6.45) is 8.64. The second kappa shape index (κ2) is 6.72.